The van der Waals surface area contributed by atoms with Crippen molar-refractivity contribution in [3.05, 3.63) is 15.0 Å². The smallest absolute Gasteiger partial charge is 0.370 e. The lowest BCUT2D eigenvalue weighted by molar-refractivity contribution is -0.697. The van der Waals surface area contributed by atoms with Crippen LogP contribution >= 0.6 is 27.3 Å². The molecule has 0 bridgehead atoms. The molecule has 1 rings (SSSR count). The van der Waals surface area contributed by atoms with Crippen molar-refractivity contribution in [2.45, 2.75) is 13.5 Å². The molecule has 11 heavy (non-hydrogen) atoms. The summed E-state index contributed by atoms with van der Waals surface area (Å²) in [6.07, 6.45) is 0. The maximum atomic E-state index is 10.3. The predicted molar refractivity (Wildman–Crippen MR) is 44.6 cm³/mol. The van der Waals surface area contributed by atoms with Gasteiger partial charge < -0.3 is 5.11 Å². The van der Waals surface area contributed by atoms with Gasteiger partial charge in [-0.1, -0.05) is 11.3 Å². The van der Waals surface area contributed by atoms with E-state index in [0.29, 0.717) is 0 Å². The van der Waals surface area contributed by atoms with Crippen molar-refractivity contribution in [2.75, 3.05) is 0 Å². The Kier molecular flexibility index (Phi) is 2.62. The van der Waals surface area contributed by atoms with Gasteiger partial charge in [0, 0.05) is 22.9 Å². The second-order valence-corrected chi connectivity index (χ2v) is 4.24. The van der Waals surface area contributed by atoms with Crippen molar-refractivity contribution >= 4 is 33.2 Å². The highest BCUT2D eigenvalue weighted by molar-refractivity contribution is 9.11. The van der Waals surface area contributed by atoms with Crippen molar-refractivity contribution in [3.63, 3.8) is 0 Å². The SMILES string of the molecule is Cc1csc(Br)[n+]1CC(=O)O. The number of aryl methyl sites for hydroxylation is 1. The van der Waals surface area contributed by atoms with Crippen molar-refractivity contribution in [3.8, 4) is 0 Å². The van der Waals surface area contributed by atoms with Crippen LogP contribution in [0.1, 0.15) is 5.69 Å². The topological polar surface area (TPSA) is 41.2 Å². The van der Waals surface area contributed by atoms with E-state index in [1.807, 2.05) is 12.3 Å². The lowest BCUT2D eigenvalue weighted by Gasteiger charge is -1.89. The van der Waals surface area contributed by atoms with Gasteiger partial charge in [-0.05, 0) is 0 Å². The fourth-order valence-corrected chi connectivity index (χ4v) is 2.14. The van der Waals surface area contributed by atoms with E-state index < -0.39 is 5.97 Å². The minimum absolute atomic E-state index is 0.0237. The van der Waals surface area contributed by atoms with E-state index in [0.717, 1.165) is 9.61 Å². The summed E-state index contributed by atoms with van der Waals surface area (Å²) in [5.74, 6) is -0.822. The summed E-state index contributed by atoms with van der Waals surface area (Å²) in [4.78, 5) is 10.3. The molecule has 1 N–H and O–H groups in total. The van der Waals surface area contributed by atoms with Gasteiger partial charge in [0.25, 0.3) is 0 Å². The van der Waals surface area contributed by atoms with Crippen molar-refractivity contribution in [1.29, 1.82) is 0 Å². The Balaban J connectivity index is 2.92. The van der Waals surface area contributed by atoms with Gasteiger partial charge in [-0.15, -0.1) is 0 Å². The van der Waals surface area contributed by atoms with Crippen molar-refractivity contribution in [1.82, 2.24) is 0 Å². The predicted octanol–water partition coefficient (Wildman–Crippen LogP) is 1.19. The van der Waals surface area contributed by atoms with Gasteiger partial charge in [-0.25, -0.2) is 4.79 Å². The van der Waals surface area contributed by atoms with E-state index >= 15 is 0 Å². The van der Waals surface area contributed by atoms with Crippen LogP contribution in [0.5, 0.6) is 0 Å². The molecule has 0 fully saturated rings. The Bertz CT molecular complexity index is 265. The molecule has 0 aliphatic heterocycles. The van der Waals surface area contributed by atoms with E-state index in [1.54, 1.807) is 4.57 Å². The molecule has 0 aliphatic rings. The largest absolute Gasteiger partial charge is 0.477 e. The monoisotopic (exact) mass is 236 g/mol. The Morgan fingerprint density at radius 3 is 2.91 bits per heavy atom. The molecule has 0 radical (unpaired) electrons. The molecule has 0 aliphatic carbocycles. The van der Waals surface area contributed by atoms with Crippen LogP contribution in [0.25, 0.3) is 0 Å². The summed E-state index contributed by atoms with van der Waals surface area (Å²) in [7, 11) is 0. The normalized spacial score (nSPS) is 10.0. The number of thiazole rings is 1. The third kappa shape index (κ3) is 2.00. The number of nitrogens with zero attached hydrogens (tertiary/aromatic N) is 1. The first kappa shape index (κ1) is 8.67. The number of hydrogen-bond donors (Lipinski definition) is 1. The molecule has 1 heterocycles. The number of rotatable bonds is 2. The summed E-state index contributed by atoms with van der Waals surface area (Å²) in [6, 6.07) is 0. The standard InChI is InChI=1S/C6H6BrNO2S/c1-4-3-11-6(7)8(4)2-5(9)10/h3H,2H2,1H3/p+1. The number of aliphatic carboxylic acids is 1. The highest BCUT2D eigenvalue weighted by Crippen LogP contribution is 2.12. The molecule has 0 saturated carbocycles. The zero-order chi connectivity index (χ0) is 8.43. The molecule has 60 valence electrons. The Morgan fingerprint density at radius 1 is 1.91 bits per heavy atom. The fraction of sp³-hybridized carbons (Fsp3) is 0.333. The molecular formula is C6H7BrNO2S+. The second kappa shape index (κ2) is 3.32. The maximum Gasteiger partial charge on any atom is 0.370 e. The molecule has 5 heteroatoms. The summed E-state index contributed by atoms with van der Waals surface area (Å²) in [6.45, 7) is 1.90. The molecule has 0 atom stereocenters. The second-order valence-electron chi connectivity index (χ2n) is 2.11. The summed E-state index contributed by atoms with van der Waals surface area (Å²) >= 11 is 4.75. The van der Waals surface area contributed by atoms with Crippen LogP contribution in [0.3, 0.4) is 0 Å². The van der Waals surface area contributed by atoms with Crippen LogP contribution in [0.15, 0.2) is 9.30 Å². The van der Waals surface area contributed by atoms with E-state index in [1.165, 1.54) is 11.3 Å². The van der Waals surface area contributed by atoms with Gasteiger partial charge in [-0.3, -0.25) is 0 Å². The number of aromatic nitrogens is 1. The quantitative estimate of drug-likeness (QED) is 0.785. The minimum Gasteiger partial charge on any atom is -0.477 e. The van der Waals surface area contributed by atoms with Gasteiger partial charge in [0.2, 0.25) is 6.54 Å². The minimum atomic E-state index is -0.822. The molecular weight excluding hydrogens is 230 g/mol. The van der Waals surface area contributed by atoms with Crippen LogP contribution in [0.2, 0.25) is 0 Å². The van der Waals surface area contributed by atoms with Gasteiger partial charge in [0.1, 0.15) is 0 Å². The average Bonchev–Trinajstić information content (AvgIpc) is 2.18. The van der Waals surface area contributed by atoms with Crippen molar-refractivity contribution < 1.29 is 14.5 Å². The van der Waals surface area contributed by atoms with Gasteiger partial charge in [-0.2, -0.15) is 4.57 Å². The number of halogens is 1. The Labute approximate surface area is 76.4 Å². The van der Waals surface area contributed by atoms with Crippen LogP contribution in [0.4, 0.5) is 0 Å². The van der Waals surface area contributed by atoms with Gasteiger partial charge in [0.15, 0.2) is 5.69 Å². The van der Waals surface area contributed by atoms with Crippen LogP contribution in [-0.4, -0.2) is 11.1 Å². The molecule has 3 nitrogen and oxygen atoms in total. The first-order chi connectivity index (χ1) is 5.11. The van der Waals surface area contributed by atoms with E-state index in [2.05, 4.69) is 15.9 Å². The highest BCUT2D eigenvalue weighted by Gasteiger charge is 2.17. The lowest BCUT2D eigenvalue weighted by Crippen LogP contribution is -2.39. The third-order valence-electron chi connectivity index (χ3n) is 1.26. The van der Waals surface area contributed by atoms with Gasteiger partial charge in [0.05, 0.1) is 5.38 Å². The third-order valence-corrected chi connectivity index (χ3v) is 3.12. The molecule has 0 spiro atoms. The first-order valence-corrected chi connectivity index (χ1v) is 4.63. The van der Waals surface area contributed by atoms with E-state index in [4.69, 9.17) is 5.11 Å². The molecule has 0 saturated heterocycles. The zero-order valence-corrected chi connectivity index (χ0v) is 8.28. The van der Waals surface area contributed by atoms with E-state index in [9.17, 15) is 4.79 Å². The van der Waals surface area contributed by atoms with Crippen LogP contribution in [-0.2, 0) is 11.3 Å². The number of hydrogen-bond acceptors (Lipinski definition) is 2. The lowest BCUT2D eigenvalue weighted by atomic mass is 10.5. The van der Waals surface area contributed by atoms with Gasteiger partial charge >= 0.3 is 9.89 Å². The summed E-state index contributed by atoms with van der Waals surface area (Å²) in [5.41, 5.74) is 0.962. The highest BCUT2D eigenvalue weighted by atomic mass is 79.9. The van der Waals surface area contributed by atoms with Crippen LogP contribution in [0, 0.1) is 6.92 Å². The molecule has 0 amide bonds. The summed E-state index contributed by atoms with van der Waals surface area (Å²) in [5, 5.41) is 10.4. The molecule has 0 aromatic carbocycles. The maximum absolute atomic E-state index is 10.3. The van der Waals surface area contributed by atoms with Crippen molar-refractivity contribution in [2.24, 2.45) is 0 Å². The Morgan fingerprint density at radius 2 is 2.55 bits per heavy atom. The fourth-order valence-electron chi connectivity index (χ4n) is 0.722. The average molecular weight is 237 g/mol. The summed E-state index contributed by atoms with van der Waals surface area (Å²) < 4.78 is 2.55. The van der Waals surface area contributed by atoms with E-state index in [-0.39, 0.29) is 6.54 Å². The number of carboxylic acid groups (broad SMARTS) is 1. The number of carboxylic acids is 1. The Hall–Kier alpha value is -0.420. The first-order valence-electron chi connectivity index (χ1n) is 2.96. The molecule has 0 unspecified atom stereocenters. The van der Waals surface area contributed by atoms with Crippen LogP contribution < -0.4 is 4.57 Å². The molecule has 1 aromatic heterocycles. The number of carbonyl (C=O) groups is 1. The zero-order valence-electron chi connectivity index (χ0n) is 5.87. The molecule has 1 aromatic rings.